The van der Waals surface area contributed by atoms with Crippen molar-refractivity contribution in [3.05, 3.63) is 96.1 Å². The molecule has 0 N–H and O–H groups in total. The molecule has 1 heterocycles. The summed E-state index contributed by atoms with van der Waals surface area (Å²) in [6, 6.07) is 24.6. The number of hydrogen-bond donors (Lipinski definition) is 0. The first kappa shape index (κ1) is 14.4. The van der Waals surface area contributed by atoms with Crippen molar-refractivity contribution >= 4 is 23.2 Å². The number of benzene rings is 3. The van der Waals surface area contributed by atoms with Gasteiger partial charge in [-0.15, -0.1) is 0 Å². The van der Waals surface area contributed by atoms with Crippen LogP contribution in [-0.2, 0) is 0 Å². The Hall–Kier alpha value is -3.20. The van der Waals surface area contributed by atoms with Crippen LogP contribution >= 0.6 is 0 Å². The van der Waals surface area contributed by atoms with Gasteiger partial charge in [-0.25, -0.2) is 9.37 Å². The van der Waals surface area contributed by atoms with E-state index in [2.05, 4.69) is 22.8 Å². The molecule has 0 amide bonds. The van der Waals surface area contributed by atoms with E-state index in [1.807, 2.05) is 48.6 Å². The Kier molecular flexibility index (Phi) is 3.67. The maximum Gasteiger partial charge on any atom is 0.138 e. The molecule has 0 radical (unpaired) electrons. The quantitative estimate of drug-likeness (QED) is 0.499. The summed E-state index contributed by atoms with van der Waals surface area (Å²) < 4.78 is 15.2. The molecule has 4 rings (SSSR count). The molecule has 2 nitrogen and oxygen atoms in total. The zero-order valence-corrected chi connectivity index (χ0v) is 12.9. The average Bonchev–Trinajstić information content (AvgIpc) is 3.00. The largest absolute Gasteiger partial charge is 0.293 e. The average molecular weight is 314 g/mol. The van der Waals surface area contributed by atoms with Crippen molar-refractivity contribution < 1.29 is 4.39 Å². The third-order valence-electron chi connectivity index (χ3n) is 3.90. The summed E-state index contributed by atoms with van der Waals surface area (Å²) in [7, 11) is 0. The van der Waals surface area contributed by atoms with E-state index >= 15 is 0 Å². The van der Waals surface area contributed by atoms with Gasteiger partial charge in [0.2, 0.25) is 0 Å². The lowest BCUT2D eigenvalue weighted by molar-refractivity contribution is 0.628. The molecule has 0 aliphatic carbocycles. The van der Waals surface area contributed by atoms with Gasteiger partial charge in [0.1, 0.15) is 11.6 Å². The SMILES string of the molecule is Fc1ccc(C=Cc2nc3ccccc3n2-c2ccccc2)cc1. The second-order valence-corrected chi connectivity index (χ2v) is 5.51. The van der Waals surface area contributed by atoms with Crippen LogP contribution in [0.2, 0.25) is 0 Å². The molecular formula is C21H15FN2. The molecule has 0 aliphatic heterocycles. The second kappa shape index (κ2) is 6.13. The van der Waals surface area contributed by atoms with Crippen molar-refractivity contribution in [1.82, 2.24) is 9.55 Å². The summed E-state index contributed by atoms with van der Waals surface area (Å²) in [6.07, 6.45) is 3.90. The molecule has 4 aromatic rings. The highest BCUT2D eigenvalue weighted by Gasteiger charge is 2.09. The maximum atomic E-state index is 13.0. The number of aromatic nitrogens is 2. The predicted molar refractivity (Wildman–Crippen MR) is 96.4 cm³/mol. The third kappa shape index (κ3) is 2.72. The predicted octanol–water partition coefficient (Wildman–Crippen LogP) is 5.34. The van der Waals surface area contributed by atoms with Crippen LogP contribution in [0.5, 0.6) is 0 Å². The highest BCUT2D eigenvalue weighted by molar-refractivity contribution is 5.82. The van der Waals surface area contributed by atoms with Crippen LogP contribution in [0.15, 0.2) is 78.9 Å². The van der Waals surface area contributed by atoms with Gasteiger partial charge in [0, 0.05) is 5.69 Å². The van der Waals surface area contributed by atoms with Gasteiger partial charge >= 0.3 is 0 Å². The Morgan fingerprint density at radius 2 is 1.46 bits per heavy atom. The Bertz CT molecular complexity index is 999. The van der Waals surface area contributed by atoms with E-state index in [-0.39, 0.29) is 5.82 Å². The first-order valence-electron chi connectivity index (χ1n) is 7.78. The lowest BCUT2D eigenvalue weighted by Crippen LogP contribution is -1.96. The molecule has 0 bridgehead atoms. The summed E-state index contributed by atoms with van der Waals surface area (Å²) >= 11 is 0. The Morgan fingerprint density at radius 3 is 2.25 bits per heavy atom. The van der Waals surface area contributed by atoms with Crippen molar-refractivity contribution in [3.63, 3.8) is 0 Å². The van der Waals surface area contributed by atoms with Gasteiger partial charge in [0.05, 0.1) is 11.0 Å². The molecule has 3 heteroatoms. The first-order chi connectivity index (χ1) is 11.8. The van der Waals surface area contributed by atoms with Crippen molar-refractivity contribution in [2.45, 2.75) is 0 Å². The number of nitrogens with zero attached hydrogens (tertiary/aromatic N) is 2. The van der Waals surface area contributed by atoms with Crippen molar-refractivity contribution in [3.8, 4) is 5.69 Å². The Morgan fingerprint density at radius 1 is 0.750 bits per heavy atom. The molecule has 0 unspecified atom stereocenters. The summed E-state index contributed by atoms with van der Waals surface area (Å²) in [4.78, 5) is 4.72. The van der Waals surface area contributed by atoms with E-state index in [0.717, 1.165) is 28.1 Å². The lowest BCUT2D eigenvalue weighted by Gasteiger charge is -2.06. The number of rotatable bonds is 3. The van der Waals surface area contributed by atoms with Crippen molar-refractivity contribution in [2.75, 3.05) is 0 Å². The fourth-order valence-corrected chi connectivity index (χ4v) is 2.75. The summed E-state index contributed by atoms with van der Waals surface area (Å²) in [5.74, 6) is 0.607. The zero-order valence-electron chi connectivity index (χ0n) is 12.9. The van der Waals surface area contributed by atoms with Crippen molar-refractivity contribution in [2.24, 2.45) is 0 Å². The minimum atomic E-state index is -0.233. The van der Waals surface area contributed by atoms with Gasteiger partial charge in [-0.05, 0) is 48.0 Å². The highest BCUT2D eigenvalue weighted by atomic mass is 19.1. The van der Waals surface area contributed by atoms with Gasteiger partial charge < -0.3 is 0 Å². The monoisotopic (exact) mass is 314 g/mol. The molecule has 0 fully saturated rings. The fraction of sp³-hybridized carbons (Fsp3) is 0. The van der Waals surface area contributed by atoms with Crippen LogP contribution in [0.3, 0.4) is 0 Å². The molecule has 24 heavy (non-hydrogen) atoms. The van der Waals surface area contributed by atoms with Crippen LogP contribution < -0.4 is 0 Å². The molecule has 1 aromatic heterocycles. The topological polar surface area (TPSA) is 17.8 Å². The molecular weight excluding hydrogens is 299 g/mol. The summed E-state index contributed by atoms with van der Waals surface area (Å²) in [5, 5.41) is 0. The second-order valence-electron chi connectivity index (χ2n) is 5.51. The van der Waals surface area contributed by atoms with E-state index in [1.165, 1.54) is 12.1 Å². The van der Waals surface area contributed by atoms with Gasteiger partial charge in [-0.1, -0.05) is 48.5 Å². The summed E-state index contributed by atoms with van der Waals surface area (Å²) in [6.45, 7) is 0. The highest BCUT2D eigenvalue weighted by Crippen LogP contribution is 2.22. The van der Waals surface area contributed by atoms with Crippen LogP contribution in [0.25, 0.3) is 28.9 Å². The number of halogens is 1. The Labute approximate surface area is 139 Å². The number of para-hydroxylation sites is 3. The van der Waals surface area contributed by atoms with E-state index in [0.29, 0.717) is 0 Å². The van der Waals surface area contributed by atoms with Crippen LogP contribution in [0.4, 0.5) is 4.39 Å². The molecule has 0 spiro atoms. The molecule has 0 saturated carbocycles. The van der Waals surface area contributed by atoms with Crippen LogP contribution in [0.1, 0.15) is 11.4 Å². The Balaban J connectivity index is 1.84. The lowest BCUT2D eigenvalue weighted by atomic mass is 10.2. The number of imidazole rings is 1. The normalized spacial score (nSPS) is 11.4. The third-order valence-corrected chi connectivity index (χ3v) is 3.90. The van der Waals surface area contributed by atoms with Crippen LogP contribution in [0, 0.1) is 5.82 Å². The zero-order chi connectivity index (χ0) is 16.4. The molecule has 0 saturated heterocycles. The van der Waals surface area contributed by atoms with Crippen molar-refractivity contribution in [1.29, 1.82) is 0 Å². The van der Waals surface area contributed by atoms with Gasteiger partial charge in [0.15, 0.2) is 0 Å². The standard InChI is InChI=1S/C21H15FN2/c22-17-13-10-16(11-14-17)12-15-21-23-19-8-4-5-9-20(19)24(21)18-6-2-1-3-7-18/h1-15H. The van der Waals surface area contributed by atoms with Gasteiger partial charge in [-0.3, -0.25) is 4.57 Å². The van der Waals surface area contributed by atoms with E-state index < -0.39 is 0 Å². The van der Waals surface area contributed by atoms with E-state index in [9.17, 15) is 4.39 Å². The first-order valence-corrected chi connectivity index (χ1v) is 7.78. The molecule has 0 atom stereocenters. The molecule has 0 aliphatic rings. The van der Waals surface area contributed by atoms with E-state index in [4.69, 9.17) is 4.98 Å². The number of fused-ring (bicyclic) bond motifs is 1. The van der Waals surface area contributed by atoms with E-state index in [1.54, 1.807) is 12.1 Å². The maximum absolute atomic E-state index is 13.0. The van der Waals surface area contributed by atoms with Gasteiger partial charge in [-0.2, -0.15) is 0 Å². The molecule has 116 valence electrons. The minimum Gasteiger partial charge on any atom is -0.293 e. The van der Waals surface area contributed by atoms with Gasteiger partial charge in [0.25, 0.3) is 0 Å². The molecule has 3 aromatic carbocycles. The summed E-state index contributed by atoms with van der Waals surface area (Å²) in [5.41, 5.74) is 4.00. The minimum absolute atomic E-state index is 0.233. The fourth-order valence-electron chi connectivity index (χ4n) is 2.75. The number of hydrogen-bond acceptors (Lipinski definition) is 1. The van der Waals surface area contributed by atoms with Crippen LogP contribution in [-0.4, -0.2) is 9.55 Å². The smallest absolute Gasteiger partial charge is 0.138 e.